The van der Waals surface area contributed by atoms with Crippen LogP contribution in [0.5, 0.6) is 0 Å². The average molecular weight is 425 g/mol. The maximum Gasteiger partial charge on any atom is 0.238 e. The molecule has 0 atom stereocenters. The summed E-state index contributed by atoms with van der Waals surface area (Å²) in [4.78, 5) is 0.113. The number of rotatable bonds is 7. The van der Waals surface area contributed by atoms with E-state index in [0.717, 1.165) is 23.3 Å². The van der Waals surface area contributed by atoms with E-state index >= 15 is 0 Å². The molecule has 0 spiro atoms. The van der Waals surface area contributed by atoms with Crippen molar-refractivity contribution < 1.29 is 12.8 Å². The van der Waals surface area contributed by atoms with Gasteiger partial charge in [-0.15, -0.1) is 0 Å². The van der Waals surface area contributed by atoms with Crippen LogP contribution in [-0.2, 0) is 23.0 Å². The number of benzene rings is 2. The molecule has 0 unspecified atom stereocenters. The van der Waals surface area contributed by atoms with E-state index in [1.807, 2.05) is 12.1 Å². The Labute approximate surface area is 168 Å². The van der Waals surface area contributed by atoms with Crippen molar-refractivity contribution >= 4 is 33.2 Å². The molecule has 0 aliphatic rings. The molecule has 0 aliphatic carbocycles. The number of primary sulfonamides is 1. The van der Waals surface area contributed by atoms with Gasteiger partial charge < -0.3 is 9.73 Å². The van der Waals surface area contributed by atoms with Crippen LogP contribution in [0, 0.1) is 0 Å². The smallest absolute Gasteiger partial charge is 0.238 e. The van der Waals surface area contributed by atoms with Crippen molar-refractivity contribution in [2.45, 2.75) is 17.9 Å². The number of hydrogen-bond acceptors (Lipinski definition) is 4. The number of sulfonamides is 1. The van der Waals surface area contributed by atoms with Gasteiger partial charge in [0.25, 0.3) is 0 Å². The molecule has 1 heterocycles. The summed E-state index contributed by atoms with van der Waals surface area (Å²) < 4.78 is 28.3. The van der Waals surface area contributed by atoms with Gasteiger partial charge in [0.1, 0.15) is 11.5 Å². The summed E-state index contributed by atoms with van der Waals surface area (Å²) in [6.45, 7) is 1.27. The Hall–Kier alpha value is -1.83. The summed E-state index contributed by atoms with van der Waals surface area (Å²) in [5.41, 5.74) is 1.77. The van der Waals surface area contributed by atoms with Gasteiger partial charge >= 0.3 is 0 Å². The normalized spacial score (nSPS) is 11.7. The van der Waals surface area contributed by atoms with Crippen LogP contribution in [0.15, 0.2) is 63.9 Å². The lowest BCUT2D eigenvalue weighted by atomic mass is 10.1. The molecule has 3 N–H and O–H groups in total. The minimum absolute atomic E-state index is 0.113. The van der Waals surface area contributed by atoms with Crippen LogP contribution < -0.4 is 10.5 Å². The Morgan fingerprint density at radius 1 is 1.00 bits per heavy atom. The molecule has 0 bridgehead atoms. The summed E-state index contributed by atoms with van der Waals surface area (Å²) in [5.74, 6) is 1.45. The highest BCUT2D eigenvalue weighted by Gasteiger charge is 2.10. The van der Waals surface area contributed by atoms with Crippen molar-refractivity contribution in [1.82, 2.24) is 5.32 Å². The number of halogens is 2. The SMILES string of the molecule is NS(=O)(=O)c1ccc(CCNCc2ccc(-c3cc(Cl)ccc3Cl)o2)cc1. The van der Waals surface area contributed by atoms with E-state index in [0.29, 0.717) is 28.9 Å². The molecule has 142 valence electrons. The third-order valence-electron chi connectivity index (χ3n) is 4.00. The molecule has 8 heteroatoms. The van der Waals surface area contributed by atoms with Gasteiger partial charge in [0.05, 0.1) is 16.5 Å². The molecule has 0 aliphatic heterocycles. The number of hydrogen-bond donors (Lipinski definition) is 2. The summed E-state index contributed by atoms with van der Waals surface area (Å²) >= 11 is 12.2. The largest absolute Gasteiger partial charge is 0.460 e. The van der Waals surface area contributed by atoms with Gasteiger partial charge in [-0.3, -0.25) is 0 Å². The number of furan rings is 1. The first-order valence-electron chi connectivity index (χ1n) is 8.19. The summed E-state index contributed by atoms with van der Waals surface area (Å²) in [6, 6.07) is 15.5. The highest BCUT2D eigenvalue weighted by atomic mass is 35.5. The highest BCUT2D eigenvalue weighted by molar-refractivity contribution is 7.89. The van der Waals surface area contributed by atoms with Gasteiger partial charge in [-0.05, 0) is 61.0 Å². The molecule has 0 radical (unpaired) electrons. The first kappa shape index (κ1) is 19.9. The highest BCUT2D eigenvalue weighted by Crippen LogP contribution is 2.31. The van der Waals surface area contributed by atoms with Crippen molar-refractivity contribution in [3.63, 3.8) is 0 Å². The lowest BCUT2D eigenvalue weighted by Gasteiger charge is -2.05. The van der Waals surface area contributed by atoms with Crippen LogP contribution in [0.3, 0.4) is 0 Å². The fourth-order valence-electron chi connectivity index (χ4n) is 2.59. The second kappa shape index (κ2) is 8.46. The van der Waals surface area contributed by atoms with Crippen LogP contribution in [0.2, 0.25) is 10.0 Å². The fourth-order valence-corrected chi connectivity index (χ4v) is 3.49. The standard InChI is InChI=1S/C19H18Cl2N2O3S/c20-14-3-7-18(21)17(11-14)19-8-4-15(26-19)12-23-10-9-13-1-5-16(6-2-13)27(22,24)25/h1-8,11,23H,9-10,12H2,(H2,22,24,25). The third kappa shape index (κ3) is 5.34. The van der Waals surface area contributed by atoms with Crippen molar-refractivity contribution in [3.05, 3.63) is 76.0 Å². The molecule has 0 amide bonds. The third-order valence-corrected chi connectivity index (χ3v) is 5.49. The number of nitrogens with one attached hydrogen (secondary N) is 1. The van der Waals surface area contributed by atoms with Crippen molar-refractivity contribution in [2.75, 3.05) is 6.54 Å². The first-order chi connectivity index (χ1) is 12.8. The maximum absolute atomic E-state index is 11.2. The van der Waals surface area contributed by atoms with Gasteiger partial charge in [-0.1, -0.05) is 35.3 Å². The van der Waals surface area contributed by atoms with E-state index in [2.05, 4.69) is 5.32 Å². The molecule has 5 nitrogen and oxygen atoms in total. The zero-order valence-electron chi connectivity index (χ0n) is 14.3. The molecule has 27 heavy (non-hydrogen) atoms. The summed E-state index contributed by atoms with van der Waals surface area (Å²) in [5, 5.41) is 9.55. The fraction of sp³-hybridized carbons (Fsp3) is 0.158. The molecule has 3 rings (SSSR count). The minimum atomic E-state index is -3.65. The van der Waals surface area contributed by atoms with E-state index < -0.39 is 10.0 Å². The van der Waals surface area contributed by atoms with Crippen LogP contribution >= 0.6 is 23.2 Å². The zero-order chi connectivity index (χ0) is 19.4. The monoisotopic (exact) mass is 424 g/mol. The Balaban J connectivity index is 1.53. The molecule has 3 aromatic rings. The average Bonchev–Trinajstić information content (AvgIpc) is 3.09. The minimum Gasteiger partial charge on any atom is -0.460 e. The van der Waals surface area contributed by atoms with Gasteiger partial charge in [0.15, 0.2) is 0 Å². The number of nitrogens with two attached hydrogens (primary N) is 1. The van der Waals surface area contributed by atoms with E-state index in [-0.39, 0.29) is 4.90 Å². The van der Waals surface area contributed by atoms with Crippen LogP contribution in [0.25, 0.3) is 11.3 Å². The molecular weight excluding hydrogens is 407 g/mol. The maximum atomic E-state index is 11.2. The van der Waals surface area contributed by atoms with E-state index in [9.17, 15) is 8.42 Å². The predicted octanol–water partition coefficient (Wildman–Crippen LogP) is 4.23. The summed E-state index contributed by atoms with van der Waals surface area (Å²) in [7, 11) is -3.65. The Bertz CT molecular complexity index is 1030. The Morgan fingerprint density at radius 2 is 1.74 bits per heavy atom. The van der Waals surface area contributed by atoms with Crippen LogP contribution in [-0.4, -0.2) is 15.0 Å². The Morgan fingerprint density at radius 3 is 2.44 bits per heavy atom. The molecular formula is C19H18Cl2N2O3S. The van der Waals surface area contributed by atoms with Gasteiger partial charge in [-0.2, -0.15) is 0 Å². The van der Waals surface area contributed by atoms with E-state index in [1.54, 1.807) is 30.3 Å². The summed E-state index contributed by atoms with van der Waals surface area (Å²) in [6.07, 6.45) is 0.749. The molecule has 0 saturated heterocycles. The topological polar surface area (TPSA) is 85.3 Å². The quantitative estimate of drug-likeness (QED) is 0.555. The van der Waals surface area contributed by atoms with Crippen molar-refractivity contribution in [1.29, 1.82) is 0 Å². The van der Waals surface area contributed by atoms with Crippen LogP contribution in [0.4, 0.5) is 0 Å². The Kier molecular flexibility index (Phi) is 6.24. The molecule has 1 aromatic heterocycles. The van der Waals surface area contributed by atoms with E-state index in [4.69, 9.17) is 32.8 Å². The molecule has 2 aromatic carbocycles. The van der Waals surface area contributed by atoms with Gasteiger partial charge in [-0.25, -0.2) is 13.6 Å². The predicted molar refractivity (Wildman–Crippen MR) is 107 cm³/mol. The first-order valence-corrected chi connectivity index (χ1v) is 10.5. The lowest BCUT2D eigenvalue weighted by Crippen LogP contribution is -2.16. The van der Waals surface area contributed by atoms with E-state index in [1.165, 1.54) is 12.1 Å². The molecule has 0 saturated carbocycles. The zero-order valence-corrected chi connectivity index (χ0v) is 16.6. The lowest BCUT2D eigenvalue weighted by molar-refractivity contribution is 0.495. The second-order valence-corrected chi connectivity index (χ2v) is 8.41. The second-order valence-electron chi connectivity index (χ2n) is 6.01. The van der Waals surface area contributed by atoms with Crippen molar-refractivity contribution in [2.24, 2.45) is 5.14 Å². The van der Waals surface area contributed by atoms with Crippen LogP contribution in [0.1, 0.15) is 11.3 Å². The molecule has 0 fully saturated rings. The van der Waals surface area contributed by atoms with Gasteiger partial charge in [0.2, 0.25) is 10.0 Å². The van der Waals surface area contributed by atoms with Gasteiger partial charge in [0, 0.05) is 10.6 Å². The van der Waals surface area contributed by atoms with Crippen molar-refractivity contribution in [3.8, 4) is 11.3 Å².